The molecule has 27 heavy (non-hydrogen) atoms. The molecule has 0 spiro atoms. The Labute approximate surface area is 159 Å². The largest absolute Gasteiger partial charge is 0.394 e. The normalized spacial score (nSPS) is 22.2. The van der Waals surface area contributed by atoms with Gasteiger partial charge in [0.2, 0.25) is 0 Å². The molecule has 1 aliphatic rings. The standard InChI is InChI=1S/C19H19N3O4S/c20-18-12(16-7-6-15(27-16)11-4-2-1-3-5-11)9-22(19(25)21-18)17-8-13(24)14(10-23)26-17/h1-7,9,13-14,17,23-24H,8,10H2,(H2,20,21,25)/t13-,14+,17+/m0/s1. The summed E-state index contributed by atoms with van der Waals surface area (Å²) in [7, 11) is 0. The first-order valence-corrected chi connectivity index (χ1v) is 9.37. The van der Waals surface area contributed by atoms with Crippen LogP contribution in [0.15, 0.2) is 53.5 Å². The van der Waals surface area contributed by atoms with Gasteiger partial charge in [0.05, 0.1) is 18.3 Å². The van der Waals surface area contributed by atoms with Crippen molar-refractivity contribution >= 4 is 17.2 Å². The Balaban J connectivity index is 1.70. The van der Waals surface area contributed by atoms with Gasteiger partial charge < -0.3 is 20.7 Å². The van der Waals surface area contributed by atoms with Crippen molar-refractivity contribution in [3.05, 3.63) is 59.1 Å². The highest BCUT2D eigenvalue weighted by molar-refractivity contribution is 7.18. The van der Waals surface area contributed by atoms with E-state index in [4.69, 9.17) is 10.5 Å². The second-order valence-electron chi connectivity index (χ2n) is 6.37. The maximum atomic E-state index is 12.3. The third-order valence-electron chi connectivity index (χ3n) is 4.61. The monoisotopic (exact) mass is 385 g/mol. The average Bonchev–Trinajstić information content (AvgIpc) is 3.29. The molecule has 0 saturated carbocycles. The van der Waals surface area contributed by atoms with E-state index in [1.54, 1.807) is 17.5 Å². The van der Waals surface area contributed by atoms with E-state index in [0.29, 0.717) is 5.56 Å². The van der Waals surface area contributed by atoms with Gasteiger partial charge in [0, 0.05) is 22.4 Å². The summed E-state index contributed by atoms with van der Waals surface area (Å²) < 4.78 is 6.91. The predicted molar refractivity (Wildman–Crippen MR) is 103 cm³/mol. The number of nitrogens with two attached hydrogens (primary N) is 1. The molecule has 7 nitrogen and oxygen atoms in total. The number of anilines is 1. The van der Waals surface area contributed by atoms with Gasteiger partial charge in [-0.1, -0.05) is 30.3 Å². The quantitative estimate of drug-likeness (QED) is 0.632. The van der Waals surface area contributed by atoms with Crippen LogP contribution in [-0.4, -0.2) is 38.6 Å². The van der Waals surface area contributed by atoms with Crippen molar-refractivity contribution in [3.63, 3.8) is 0 Å². The van der Waals surface area contributed by atoms with Gasteiger partial charge in [0.25, 0.3) is 0 Å². The van der Waals surface area contributed by atoms with E-state index in [2.05, 4.69) is 4.98 Å². The minimum atomic E-state index is -0.834. The lowest BCUT2D eigenvalue weighted by molar-refractivity contribution is -0.0458. The molecule has 140 valence electrons. The van der Waals surface area contributed by atoms with Gasteiger partial charge >= 0.3 is 5.69 Å². The summed E-state index contributed by atoms with van der Waals surface area (Å²) in [6.07, 6.45) is -0.420. The molecule has 1 aliphatic heterocycles. The van der Waals surface area contributed by atoms with Crippen molar-refractivity contribution in [2.75, 3.05) is 12.3 Å². The molecule has 0 amide bonds. The third-order valence-corrected chi connectivity index (χ3v) is 5.77. The molecule has 0 radical (unpaired) electrons. The molecule has 8 heteroatoms. The number of hydrogen-bond donors (Lipinski definition) is 3. The number of hydrogen-bond acceptors (Lipinski definition) is 7. The van der Waals surface area contributed by atoms with Crippen LogP contribution in [0.2, 0.25) is 0 Å². The highest BCUT2D eigenvalue weighted by Crippen LogP contribution is 2.36. The lowest BCUT2D eigenvalue weighted by atomic mass is 10.2. The number of ether oxygens (including phenoxy) is 1. The topological polar surface area (TPSA) is 111 Å². The van der Waals surface area contributed by atoms with Crippen LogP contribution in [0.1, 0.15) is 12.6 Å². The second-order valence-corrected chi connectivity index (χ2v) is 7.46. The van der Waals surface area contributed by atoms with Gasteiger partial charge in [0.15, 0.2) is 0 Å². The molecule has 1 aromatic carbocycles. The van der Waals surface area contributed by atoms with E-state index in [9.17, 15) is 15.0 Å². The molecule has 4 rings (SSSR count). The Hall–Kier alpha value is -2.52. The SMILES string of the molecule is Nc1nc(=O)n([C@H]2C[C@H](O)[C@@H](CO)O2)cc1-c1ccc(-c2ccccc2)s1. The third kappa shape index (κ3) is 3.40. The van der Waals surface area contributed by atoms with Crippen LogP contribution in [0.25, 0.3) is 20.9 Å². The predicted octanol–water partition coefficient (Wildman–Crippen LogP) is 1.86. The number of rotatable bonds is 4. The van der Waals surface area contributed by atoms with Crippen molar-refractivity contribution in [1.29, 1.82) is 0 Å². The van der Waals surface area contributed by atoms with Crippen molar-refractivity contribution in [3.8, 4) is 20.9 Å². The molecule has 0 unspecified atom stereocenters. The summed E-state index contributed by atoms with van der Waals surface area (Å²) >= 11 is 1.55. The summed E-state index contributed by atoms with van der Waals surface area (Å²) in [6, 6.07) is 13.9. The van der Waals surface area contributed by atoms with Crippen LogP contribution < -0.4 is 11.4 Å². The number of aromatic nitrogens is 2. The first-order valence-electron chi connectivity index (χ1n) is 8.55. The zero-order chi connectivity index (χ0) is 19.0. The fourth-order valence-electron chi connectivity index (χ4n) is 3.17. The van der Waals surface area contributed by atoms with Gasteiger partial charge in [-0.2, -0.15) is 4.98 Å². The molecule has 3 aromatic rings. The number of aliphatic hydroxyl groups excluding tert-OH is 2. The highest BCUT2D eigenvalue weighted by atomic mass is 32.1. The summed E-state index contributed by atoms with van der Waals surface area (Å²) in [4.78, 5) is 18.2. The Morgan fingerprint density at radius 3 is 2.67 bits per heavy atom. The molecule has 1 saturated heterocycles. The summed E-state index contributed by atoms with van der Waals surface area (Å²) in [6.45, 7) is -0.312. The van der Waals surface area contributed by atoms with Crippen LogP contribution in [0, 0.1) is 0 Å². The van der Waals surface area contributed by atoms with Crippen LogP contribution in [-0.2, 0) is 4.74 Å². The van der Waals surface area contributed by atoms with Crippen LogP contribution in [0.3, 0.4) is 0 Å². The maximum absolute atomic E-state index is 12.3. The molecular formula is C19H19N3O4S. The van der Waals surface area contributed by atoms with Crippen molar-refractivity contribution in [2.24, 2.45) is 0 Å². The number of nitrogen functional groups attached to an aromatic ring is 1. The van der Waals surface area contributed by atoms with Gasteiger partial charge in [-0.15, -0.1) is 11.3 Å². The number of aliphatic hydroxyl groups is 2. The Bertz CT molecular complexity index is 1000. The van der Waals surface area contributed by atoms with E-state index in [1.807, 2.05) is 42.5 Å². The smallest absolute Gasteiger partial charge is 0.351 e. The molecule has 4 N–H and O–H groups in total. The summed E-state index contributed by atoms with van der Waals surface area (Å²) in [5.41, 5.74) is 7.18. The minimum Gasteiger partial charge on any atom is -0.394 e. The molecule has 0 bridgehead atoms. The van der Waals surface area contributed by atoms with Gasteiger partial charge in [-0.05, 0) is 17.7 Å². The van der Waals surface area contributed by atoms with E-state index >= 15 is 0 Å². The fourth-order valence-corrected chi connectivity index (χ4v) is 4.20. The average molecular weight is 385 g/mol. The number of thiophene rings is 1. The fraction of sp³-hybridized carbons (Fsp3) is 0.263. The van der Waals surface area contributed by atoms with Crippen molar-refractivity contribution in [1.82, 2.24) is 9.55 Å². The Kier molecular flexibility index (Phi) is 4.79. The molecule has 1 fully saturated rings. The first kappa shape index (κ1) is 17.9. The van der Waals surface area contributed by atoms with E-state index in [1.165, 1.54) is 4.57 Å². The van der Waals surface area contributed by atoms with Crippen LogP contribution >= 0.6 is 11.3 Å². The zero-order valence-corrected chi connectivity index (χ0v) is 15.2. The van der Waals surface area contributed by atoms with E-state index in [0.717, 1.165) is 15.3 Å². The molecular weight excluding hydrogens is 366 g/mol. The lowest BCUT2D eigenvalue weighted by Crippen LogP contribution is -2.28. The second kappa shape index (κ2) is 7.24. The molecule has 0 aliphatic carbocycles. The summed E-state index contributed by atoms with van der Waals surface area (Å²) in [5, 5.41) is 19.2. The van der Waals surface area contributed by atoms with Crippen LogP contribution in [0.4, 0.5) is 5.82 Å². The molecule has 2 aromatic heterocycles. The zero-order valence-electron chi connectivity index (χ0n) is 14.4. The number of benzene rings is 1. The van der Waals surface area contributed by atoms with Crippen molar-refractivity contribution in [2.45, 2.75) is 24.9 Å². The van der Waals surface area contributed by atoms with Gasteiger partial charge in [0.1, 0.15) is 18.1 Å². The van der Waals surface area contributed by atoms with Crippen molar-refractivity contribution < 1.29 is 14.9 Å². The maximum Gasteiger partial charge on any atom is 0.351 e. The minimum absolute atomic E-state index is 0.148. The summed E-state index contributed by atoms with van der Waals surface area (Å²) in [5.74, 6) is 0.148. The number of nitrogens with zero attached hydrogens (tertiary/aromatic N) is 2. The van der Waals surface area contributed by atoms with E-state index in [-0.39, 0.29) is 18.8 Å². The highest BCUT2D eigenvalue weighted by Gasteiger charge is 2.35. The first-order chi connectivity index (χ1) is 13.1. The van der Waals surface area contributed by atoms with Gasteiger partial charge in [-0.3, -0.25) is 4.57 Å². The Morgan fingerprint density at radius 2 is 1.96 bits per heavy atom. The molecule has 3 atom stereocenters. The Morgan fingerprint density at radius 1 is 1.22 bits per heavy atom. The lowest BCUT2D eigenvalue weighted by Gasteiger charge is -2.15. The van der Waals surface area contributed by atoms with Crippen LogP contribution in [0.5, 0.6) is 0 Å². The van der Waals surface area contributed by atoms with E-state index < -0.39 is 24.1 Å². The molecule has 3 heterocycles. The van der Waals surface area contributed by atoms with Gasteiger partial charge in [-0.25, -0.2) is 4.79 Å².